The van der Waals surface area contributed by atoms with Crippen LogP contribution in [0.15, 0.2) is 30.6 Å². The molecule has 3 nitrogen and oxygen atoms in total. The smallest absolute Gasteiger partial charge is 0.137 e. The van der Waals surface area contributed by atoms with Crippen LogP contribution in [-0.4, -0.2) is 22.1 Å². The predicted octanol–water partition coefficient (Wildman–Crippen LogP) is 3.35. The van der Waals surface area contributed by atoms with E-state index in [4.69, 9.17) is 0 Å². The van der Waals surface area contributed by atoms with Gasteiger partial charge in [0, 0.05) is 35.4 Å². The summed E-state index contributed by atoms with van der Waals surface area (Å²) in [7, 11) is 0. The fourth-order valence-corrected chi connectivity index (χ4v) is 2.76. The molecule has 0 saturated heterocycles. The first kappa shape index (κ1) is 12.4. The van der Waals surface area contributed by atoms with E-state index in [1.807, 2.05) is 12.3 Å². The van der Waals surface area contributed by atoms with E-state index in [1.165, 1.54) is 16.5 Å². The second-order valence-electron chi connectivity index (χ2n) is 6.63. The third kappa shape index (κ3) is 2.08. The number of hydrogen-bond acceptors (Lipinski definition) is 2. The first-order chi connectivity index (χ1) is 8.89. The largest absolute Gasteiger partial charge is 0.346 e. The summed E-state index contributed by atoms with van der Waals surface area (Å²) in [4.78, 5) is 7.65. The van der Waals surface area contributed by atoms with Crippen molar-refractivity contribution in [2.45, 2.75) is 33.2 Å². The summed E-state index contributed by atoms with van der Waals surface area (Å²) in [6, 6.07) is 4.13. The number of pyridine rings is 1. The van der Waals surface area contributed by atoms with Crippen LogP contribution in [0.4, 0.5) is 0 Å². The van der Waals surface area contributed by atoms with E-state index >= 15 is 0 Å². The van der Waals surface area contributed by atoms with Crippen LogP contribution in [0.3, 0.4) is 0 Å². The second kappa shape index (κ2) is 3.94. The maximum Gasteiger partial charge on any atom is 0.137 e. The van der Waals surface area contributed by atoms with Crippen molar-refractivity contribution in [3.05, 3.63) is 36.2 Å². The number of nitrogens with zero attached hydrogens (tertiary/aromatic N) is 1. The quantitative estimate of drug-likeness (QED) is 0.820. The topological polar surface area (TPSA) is 40.7 Å². The molecule has 2 aromatic rings. The van der Waals surface area contributed by atoms with Gasteiger partial charge in [0.05, 0.1) is 0 Å². The van der Waals surface area contributed by atoms with Crippen LogP contribution in [0.2, 0.25) is 0 Å². The van der Waals surface area contributed by atoms with Crippen molar-refractivity contribution in [1.29, 1.82) is 0 Å². The number of rotatable bonds is 1. The number of fused-ring (bicyclic) bond motifs is 1. The van der Waals surface area contributed by atoms with Crippen LogP contribution >= 0.6 is 0 Å². The normalized spacial score (nSPS) is 21.4. The molecule has 2 aromatic heterocycles. The molecule has 19 heavy (non-hydrogen) atoms. The Morgan fingerprint density at radius 1 is 1.21 bits per heavy atom. The first-order valence-corrected chi connectivity index (χ1v) is 6.80. The van der Waals surface area contributed by atoms with E-state index in [-0.39, 0.29) is 11.0 Å². The Morgan fingerprint density at radius 2 is 2.00 bits per heavy atom. The van der Waals surface area contributed by atoms with E-state index in [9.17, 15) is 0 Å². The molecule has 0 aromatic carbocycles. The summed E-state index contributed by atoms with van der Waals surface area (Å²) < 4.78 is 0. The van der Waals surface area contributed by atoms with Crippen LogP contribution in [-0.2, 0) is 0 Å². The van der Waals surface area contributed by atoms with Crippen LogP contribution in [0.1, 0.15) is 33.3 Å². The Kier molecular flexibility index (Phi) is 2.58. The van der Waals surface area contributed by atoms with Gasteiger partial charge in [-0.25, -0.2) is 4.98 Å². The first-order valence-electron chi connectivity index (χ1n) is 6.80. The van der Waals surface area contributed by atoms with Gasteiger partial charge in [-0.05, 0) is 37.0 Å². The van der Waals surface area contributed by atoms with E-state index in [0.29, 0.717) is 0 Å². The number of nitrogens with one attached hydrogen (secondary N) is 2. The molecule has 1 aliphatic rings. The third-order valence-corrected chi connectivity index (χ3v) is 3.94. The average molecular weight is 255 g/mol. The fraction of sp³-hybridized carbons (Fsp3) is 0.438. The molecule has 3 heteroatoms. The van der Waals surface area contributed by atoms with Gasteiger partial charge >= 0.3 is 0 Å². The molecule has 3 rings (SSSR count). The minimum Gasteiger partial charge on any atom is -0.346 e. The van der Waals surface area contributed by atoms with Crippen molar-refractivity contribution in [1.82, 2.24) is 15.3 Å². The zero-order valence-electron chi connectivity index (χ0n) is 12.0. The Bertz CT molecular complexity index is 647. The summed E-state index contributed by atoms with van der Waals surface area (Å²) in [5.74, 6) is 0. The Labute approximate surface area is 114 Å². The number of aromatic amines is 1. The maximum absolute atomic E-state index is 4.38. The number of aromatic nitrogens is 2. The van der Waals surface area contributed by atoms with E-state index in [1.54, 1.807) is 0 Å². The summed E-state index contributed by atoms with van der Waals surface area (Å²) >= 11 is 0. The monoisotopic (exact) mass is 255 g/mol. The highest BCUT2D eigenvalue weighted by Crippen LogP contribution is 2.38. The molecule has 0 atom stereocenters. The maximum atomic E-state index is 4.38. The summed E-state index contributed by atoms with van der Waals surface area (Å²) in [6.07, 6.45) is 6.30. The Balaban J connectivity index is 2.21. The van der Waals surface area contributed by atoms with Gasteiger partial charge < -0.3 is 10.3 Å². The number of H-pyrrole nitrogens is 1. The SMILES string of the molecule is CC1(C)C=C(c2c[nH]c3ncccc23)C(C)(C)NC1. The Morgan fingerprint density at radius 3 is 2.79 bits per heavy atom. The highest BCUT2D eigenvalue weighted by Gasteiger charge is 2.34. The van der Waals surface area contributed by atoms with Crippen LogP contribution in [0, 0.1) is 5.41 Å². The molecule has 1 aliphatic heterocycles. The lowest BCUT2D eigenvalue weighted by Gasteiger charge is -2.40. The highest BCUT2D eigenvalue weighted by molar-refractivity contribution is 5.93. The molecular weight excluding hydrogens is 234 g/mol. The van der Waals surface area contributed by atoms with Crippen LogP contribution in [0.5, 0.6) is 0 Å². The molecule has 0 bridgehead atoms. The Hall–Kier alpha value is -1.61. The van der Waals surface area contributed by atoms with Gasteiger partial charge in [0.25, 0.3) is 0 Å². The van der Waals surface area contributed by atoms with Crippen molar-refractivity contribution in [2.24, 2.45) is 5.41 Å². The van der Waals surface area contributed by atoms with Crippen LogP contribution < -0.4 is 5.32 Å². The number of hydrogen-bond donors (Lipinski definition) is 2. The highest BCUT2D eigenvalue weighted by atomic mass is 15.0. The standard InChI is InChI=1S/C16H21N3/c1-15(2)8-13(16(3,4)19-10-15)12-9-18-14-11(12)6-5-7-17-14/h5-9,19H,10H2,1-4H3,(H,17,18). The molecule has 0 spiro atoms. The molecular formula is C16H21N3. The molecule has 0 unspecified atom stereocenters. The average Bonchev–Trinajstić information content (AvgIpc) is 2.76. The lowest BCUT2D eigenvalue weighted by molar-refractivity contribution is 0.350. The molecule has 3 heterocycles. The van der Waals surface area contributed by atoms with Gasteiger partial charge in [0.1, 0.15) is 5.65 Å². The molecule has 0 aliphatic carbocycles. The van der Waals surface area contributed by atoms with E-state index in [0.717, 1.165) is 12.2 Å². The molecule has 0 radical (unpaired) electrons. The van der Waals surface area contributed by atoms with Gasteiger partial charge in [0.2, 0.25) is 0 Å². The van der Waals surface area contributed by atoms with Gasteiger partial charge in [-0.2, -0.15) is 0 Å². The van der Waals surface area contributed by atoms with Crippen molar-refractivity contribution < 1.29 is 0 Å². The fourth-order valence-electron chi connectivity index (χ4n) is 2.76. The third-order valence-electron chi connectivity index (χ3n) is 3.94. The second-order valence-corrected chi connectivity index (χ2v) is 6.63. The zero-order chi connectivity index (χ0) is 13.7. The van der Waals surface area contributed by atoms with Gasteiger partial charge in [-0.3, -0.25) is 0 Å². The minimum atomic E-state index is -0.0134. The van der Waals surface area contributed by atoms with Crippen molar-refractivity contribution in [3.8, 4) is 0 Å². The summed E-state index contributed by atoms with van der Waals surface area (Å²) in [5, 5.41) is 4.84. The predicted molar refractivity (Wildman–Crippen MR) is 79.9 cm³/mol. The summed E-state index contributed by atoms with van der Waals surface area (Å²) in [5.41, 5.74) is 3.73. The van der Waals surface area contributed by atoms with Gasteiger partial charge in [-0.1, -0.05) is 19.9 Å². The van der Waals surface area contributed by atoms with Crippen molar-refractivity contribution in [3.63, 3.8) is 0 Å². The zero-order valence-corrected chi connectivity index (χ0v) is 12.0. The molecule has 0 fully saturated rings. The van der Waals surface area contributed by atoms with E-state index in [2.05, 4.69) is 61.3 Å². The van der Waals surface area contributed by atoms with Crippen molar-refractivity contribution >= 4 is 16.6 Å². The van der Waals surface area contributed by atoms with Crippen molar-refractivity contribution in [2.75, 3.05) is 6.54 Å². The lowest BCUT2D eigenvalue weighted by Crippen LogP contribution is -2.48. The molecule has 0 saturated carbocycles. The van der Waals surface area contributed by atoms with Gasteiger partial charge in [0.15, 0.2) is 0 Å². The molecule has 100 valence electrons. The molecule has 0 amide bonds. The molecule has 2 N–H and O–H groups in total. The lowest BCUT2D eigenvalue weighted by atomic mass is 9.77. The summed E-state index contributed by atoms with van der Waals surface area (Å²) in [6.45, 7) is 10.0. The van der Waals surface area contributed by atoms with E-state index < -0.39 is 0 Å². The van der Waals surface area contributed by atoms with Crippen LogP contribution in [0.25, 0.3) is 16.6 Å². The minimum absolute atomic E-state index is 0.0134. The van der Waals surface area contributed by atoms with Gasteiger partial charge in [-0.15, -0.1) is 0 Å².